The molecule has 3 aromatic rings. The van der Waals surface area contributed by atoms with Gasteiger partial charge in [0.1, 0.15) is 22.9 Å². The molecule has 1 saturated heterocycles. The molecule has 4 rings (SSSR count). The van der Waals surface area contributed by atoms with Crippen LogP contribution in [0.25, 0.3) is 11.0 Å². The lowest BCUT2D eigenvalue weighted by Gasteiger charge is -2.28. The summed E-state index contributed by atoms with van der Waals surface area (Å²) in [5, 5.41) is 16.6. The molecule has 0 spiro atoms. The van der Waals surface area contributed by atoms with Crippen molar-refractivity contribution in [2.45, 2.75) is 20.0 Å². The van der Waals surface area contributed by atoms with Crippen molar-refractivity contribution in [1.29, 1.82) is 5.26 Å². The monoisotopic (exact) mass is 405 g/mol. The Labute approximate surface area is 172 Å². The number of imidazole rings is 1. The first-order valence-electron chi connectivity index (χ1n) is 9.62. The Morgan fingerprint density at radius 3 is 2.83 bits per heavy atom. The SMILES string of the molecule is CC#CCn1c(N2CCNCC2)nc2cnn(Cc3ccc(F)c(C#N)c3)c(=O)c21. The fourth-order valence-electron chi connectivity index (χ4n) is 3.53. The van der Waals surface area contributed by atoms with Crippen LogP contribution in [-0.2, 0) is 13.1 Å². The molecule has 0 unspecified atom stereocenters. The van der Waals surface area contributed by atoms with Crippen molar-refractivity contribution in [2.75, 3.05) is 31.1 Å². The van der Waals surface area contributed by atoms with Gasteiger partial charge in [-0.2, -0.15) is 10.4 Å². The molecular weight excluding hydrogens is 385 g/mol. The van der Waals surface area contributed by atoms with Crippen LogP contribution in [0.3, 0.4) is 0 Å². The van der Waals surface area contributed by atoms with Crippen LogP contribution in [0.2, 0.25) is 0 Å². The molecule has 152 valence electrons. The summed E-state index contributed by atoms with van der Waals surface area (Å²) in [6.07, 6.45) is 1.56. The zero-order valence-corrected chi connectivity index (χ0v) is 16.5. The molecule has 1 N–H and O–H groups in total. The molecule has 9 heteroatoms. The summed E-state index contributed by atoms with van der Waals surface area (Å²) in [6, 6.07) is 6.01. The van der Waals surface area contributed by atoms with Gasteiger partial charge in [-0.15, -0.1) is 5.92 Å². The van der Waals surface area contributed by atoms with E-state index in [0.29, 0.717) is 29.1 Å². The van der Waals surface area contributed by atoms with Crippen LogP contribution in [0.15, 0.2) is 29.2 Å². The van der Waals surface area contributed by atoms with Crippen LogP contribution in [0.4, 0.5) is 10.3 Å². The van der Waals surface area contributed by atoms with Crippen LogP contribution in [0.5, 0.6) is 0 Å². The highest BCUT2D eigenvalue weighted by Crippen LogP contribution is 2.20. The average molecular weight is 405 g/mol. The van der Waals surface area contributed by atoms with E-state index in [1.54, 1.807) is 19.2 Å². The van der Waals surface area contributed by atoms with E-state index in [0.717, 1.165) is 26.2 Å². The number of rotatable bonds is 4. The minimum Gasteiger partial charge on any atom is -0.340 e. The number of aromatic nitrogens is 4. The minimum absolute atomic E-state index is 0.0640. The van der Waals surface area contributed by atoms with Gasteiger partial charge < -0.3 is 10.2 Å². The summed E-state index contributed by atoms with van der Waals surface area (Å²) < 4.78 is 16.7. The van der Waals surface area contributed by atoms with Crippen molar-refractivity contribution in [3.05, 3.63) is 51.7 Å². The largest absolute Gasteiger partial charge is 0.340 e. The van der Waals surface area contributed by atoms with Gasteiger partial charge in [0, 0.05) is 26.2 Å². The first-order chi connectivity index (χ1) is 14.6. The highest BCUT2D eigenvalue weighted by atomic mass is 19.1. The zero-order valence-electron chi connectivity index (χ0n) is 16.5. The van der Waals surface area contributed by atoms with Crippen LogP contribution >= 0.6 is 0 Å². The molecule has 8 nitrogen and oxygen atoms in total. The molecule has 1 aliphatic heterocycles. The molecule has 0 amide bonds. The number of nitrogens with one attached hydrogen (secondary N) is 1. The maximum atomic E-state index is 13.6. The van der Waals surface area contributed by atoms with Crippen molar-refractivity contribution < 1.29 is 4.39 Å². The minimum atomic E-state index is -0.589. The van der Waals surface area contributed by atoms with Gasteiger partial charge in [0.05, 0.1) is 24.8 Å². The molecule has 0 aliphatic carbocycles. The Kier molecular flexibility index (Phi) is 5.46. The van der Waals surface area contributed by atoms with Crippen LogP contribution < -0.4 is 15.8 Å². The smallest absolute Gasteiger partial charge is 0.293 e. The van der Waals surface area contributed by atoms with E-state index < -0.39 is 5.82 Å². The number of piperazine rings is 1. The molecule has 0 bridgehead atoms. The number of nitriles is 1. The number of hydrogen-bond acceptors (Lipinski definition) is 6. The highest BCUT2D eigenvalue weighted by Gasteiger charge is 2.21. The van der Waals surface area contributed by atoms with Crippen molar-refractivity contribution in [3.8, 4) is 17.9 Å². The normalized spacial score (nSPS) is 13.7. The third-order valence-corrected chi connectivity index (χ3v) is 5.03. The summed E-state index contributed by atoms with van der Waals surface area (Å²) in [7, 11) is 0. The van der Waals surface area contributed by atoms with Gasteiger partial charge in [-0.05, 0) is 24.6 Å². The summed E-state index contributed by atoms with van der Waals surface area (Å²) in [5.74, 6) is 6.02. The van der Waals surface area contributed by atoms with Crippen molar-refractivity contribution in [2.24, 2.45) is 0 Å². The van der Waals surface area contributed by atoms with Gasteiger partial charge in [0.15, 0.2) is 0 Å². The lowest BCUT2D eigenvalue weighted by molar-refractivity contribution is 0.572. The topological polar surface area (TPSA) is 91.8 Å². The van der Waals surface area contributed by atoms with E-state index >= 15 is 0 Å². The number of hydrogen-bond donors (Lipinski definition) is 1. The Hall–Kier alpha value is -3.69. The van der Waals surface area contributed by atoms with Crippen LogP contribution in [0, 0.1) is 29.0 Å². The highest BCUT2D eigenvalue weighted by molar-refractivity contribution is 5.77. The Morgan fingerprint density at radius 1 is 1.30 bits per heavy atom. The maximum absolute atomic E-state index is 13.6. The zero-order chi connectivity index (χ0) is 21.1. The molecule has 1 aliphatic rings. The Morgan fingerprint density at radius 2 is 2.10 bits per heavy atom. The molecule has 1 aromatic carbocycles. The fraction of sp³-hybridized carbons (Fsp3) is 0.333. The molecular formula is C21H20FN7O. The van der Waals surface area contributed by atoms with E-state index in [1.807, 2.05) is 10.6 Å². The van der Waals surface area contributed by atoms with Gasteiger partial charge >= 0.3 is 0 Å². The molecule has 30 heavy (non-hydrogen) atoms. The number of anilines is 1. The summed E-state index contributed by atoms with van der Waals surface area (Å²) in [4.78, 5) is 20.1. The number of benzene rings is 1. The number of halogens is 1. The second kappa shape index (κ2) is 8.36. The predicted molar refractivity (Wildman–Crippen MR) is 111 cm³/mol. The van der Waals surface area contributed by atoms with Gasteiger partial charge in [-0.1, -0.05) is 12.0 Å². The van der Waals surface area contributed by atoms with Crippen LogP contribution in [0.1, 0.15) is 18.1 Å². The van der Waals surface area contributed by atoms with Crippen molar-refractivity contribution >= 4 is 17.0 Å². The van der Waals surface area contributed by atoms with E-state index in [-0.39, 0.29) is 17.7 Å². The summed E-state index contributed by atoms with van der Waals surface area (Å²) in [6.45, 7) is 5.49. The molecule has 3 heterocycles. The summed E-state index contributed by atoms with van der Waals surface area (Å²) in [5.41, 5.74) is 1.19. The number of fused-ring (bicyclic) bond motifs is 1. The Bertz CT molecular complexity index is 1250. The van der Waals surface area contributed by atoms with E-state index in [1.165, 1.54) is 16.8 Å². The molecule has 1 fully saturated rings. The third-order valence-electron chi connectivity index (χ3n) is 5.03. The lowest BCUT2D eigenvalue weighted by Crippen LogP contribution is -2.44. The predicted octanol–water partition coefficient (Wildman–Crippen LogP) is 1.08. The van der Waals surface area contributed by atoms with Crippen molar-refractivity contribution in [1.82, 2.24) is 24.6 Å². The quantitative estimate of drug-likeness (QED) is 0.654. The molecule has 0 radical (unpaired) electrons. The lowest BCUT2D eigenvalue weighted by atomic mass is 10.1. The molecule has 0 atom stereocenters. The second-order valence-electron chi connectivity index (χ2n) is 6.93. The third kappa shape index (κ3) is 3.63. The first-order valence-corrected chi connectivity index (χ1v) is 9.62. The first kappa shape index (κ1) is 19.6. The maximum Gasteiger partial charge on any atom is 0.293 e. The average Bonchev–Trinajstić information content (AvgIpc) is 3.15. The van der Waals surface area contributed by atoms with Gasteiger partial charge in [-0.3, -0.25) is 9.36 Å². The van der Waals surface area contributed by atoms with Gasteiger partial charge in [0.2, 0.25) is 5.95 Å². The number of nitrogens with zero attached hydrogens (tertiary/aromatic N) is 6. The van der Waals surface area contributed by atoms with Crippen molar-refractivity contribution in [3.63, 3.8) is 0 Å². The van der Waals surface area contributed by atoms with Crippen LogP contribution in [-0.4, -0.2) is 45.5 Å². The standard InChI is InChI=1S/C21H20FN7O/c1-2-3-8-28-19-18(26-21(28)27-9-6-24-7-10-27)13-25-29(20(19)30)14-15-4-5-17(22)16(11-15)12-23/h4-5,11,13,24H,6-10,14H2,1H3. The van der Waals surface area contributed by atoms with E-state index in [4.69, 9.17) is 5.26 Å². The molecule has 0 saturated carbocycles. The summed E-state index contributed by atoms with van der Waals surface area (Å²) >= 11 is 0. The Balaban J connectivity index is 1.79. The van der Waals surface area contributed by atoms with Gasteiger partial charge in [-0.25, -0.2) is 14.1 Å². The fourth-order valence-corrected chi connectivity index (χ4v) is 3.53. The van der Waals surface area contributed by atoms with E-state index in [2.05, 4.69) is 32.1 Å². The second-order valence-corrected chi connectivity index (χ2v) is 6.93. The molecule has 2 aromatic heterocycles. The van der Waals surface area contributed by atoms with E-state index in [9.17, 15) is 9.18 Å². The van der Waals surface area contributed by atoms with Gasteiger partial charge in [0.25, 0.3) is 5.56 Å².